The van der Waals surface area contributed by atoms with Crippen LogP contribution in [-0.4, -0.2) is 26.4 Å². The molecule has 0 radical (unpaired) electrons. The topological polar surface area (TPSA) is 59.6 Å². The summed E-state index contributed by atoms with van der Waals surface area (Å²) in [6, 6.07) is 12.5. The Morgan fingerprint density at radius 2 is 1.85 bits per heavy atom. The van der Waals surface area contributed by atoms with E-state index in [0.29, 0.717) is 35.6 Å². The molecule has 2 N–H and O–H groups in total. The highest BCUT2D eigenvalue weighted by Gasteiger charge is 2.23. The van der Waals surface area contributed by atoms with E-state index in [-0.39, 0.29) is 6.03 Å². The lowest BCUT2D eigenvalue weighted by molar-refractivity contribution is 0.0617. The Balaban J connectivity index is 1.97. The van der Waals surface area contributed by atoms with Gasteiger partial charge in [-0.1, -0.05) is 41.4 Å². The average molecular weight is 411 g/mol. The van der Waals surface area contributed by atoms with E-state index in [1.54, 1.807) is 19.2 Å². The van der Waals surface area contributed by atoms with Crippen LogP contribution in [0.2, 0.25) is 10.0 Å². The second-order valence-electron chi connectivity index (χ2n) is 6.58. The summed E-state index contributed by atoms with van der Waals surface area (Å²) in [7, 11) is 1.63. The van der Waals surface area contributed by atoms with Gasteiger partial charge >= 0.3 is 6.03 Å². The van der Waals surface area contributed by atoms with Gasteiger partial charge in [-0.3, -0.25) is 0 Å². The summed E-state index contributed by atoms with van der Waals surface area (Å²) < 4.78 is 10.4. The minimum absolute atomic E-state index is 0.316. The highest BCUT2D eigenvalue weighted by Crippen LogP contribution is 2.28. The van der Waals surface area contributed by atoms with Crippen molar-refractivity contribution in [2.75, 3.05) is 25.6 Å². The minimum atomic E-state index is -0.626. The fourth-order valence-corrected chi connectivity index (χ4v) is 2.77. The molecule has 2 aromatic carbocycles. The van der Waals surface area contributed by atoms with Crippen molar-refractivity contribution in [1.29, 1.82) is 0 Å². The number of hydrogen-bond donors (Lipinski definition) is 2. The van der Waals surface area contributed by atoms with E-state index < -0.39 is 5.54 Å². The molecule has 2 aromatic rings. The highest BCUT2D eigenvalue weighted by atomic mass is 35.5. The Labute approximate surface area is 170 Å². The molecule has 0 bridgehead atoms. The van der Waals surface area contributed by atoms with Gasteiger partial charge in [-0.15, -0.1) is 0 Å². The molecule has 0 aliphatic rings. The molecule has 146 valence electrons. The molecule has 0 saturated carbocycles. The normalized spacial score (nSPS) is 11.3. The van der Waals surface area contributed by atoms with Gasteiger partial charge in [0.1, 0.15) is 0 Å². The summed E-state index contributed by atoms with van der Waals surface area (Å²) in [6.45, 7) is 5.31. The maximum atomic E-state index is 12.4. The second kappa shape index (κ2) is 9.95. The first-order chi connectivity index (χ1) is 12.8. The van der Waals surface area contributed by atoms with Gasteiger partial charge < -0.3 is 20.1 Å². The van der Waals surface area contributed by atoms with Gasteiger partial charge in [0.05, 0.1) is 35.4 Å². The van der Waals surface area contributed by atoms with E-state index in [0.717, 1.165) is 11.1 Å². The van der Waals surface area contributed by atoms with Crippen molar-refractivity contribution in [3.05, 3.63) is 63.6 Å². The van der Waals surface area contributed by atoms with Crippen molar-refractivity contribution in [2.45, 2.75) is 26.0 Å². The predicted octanol–water partition coefficient (Wildman–Crippen LogP) is 5.21. The maximum Gasteiger partial charge on any atom is 0.319 e. The molecule has 0 aliphatic carbocycles. The maximum absolute atomic E-state index is 12.4. The molecular weight excluding hydrogens is 387 g/mol. The number of halogens is 2. The number of ether oxygens (including phenoxy) is 2. The molecule has 0 aliphatic heterocycles. The van der Waals surface area contributed by atoms with E-state index in [1.807, 2.05) is 44.2 Å². The summed E-state index contributed by atoms with van der Waals surface area (Å²) in [4.78, 5) is 12.4. The Kier molecular flexibility index (Phi) is 7.92. The molecule has 2 amide bonds. The second-order valence-corrected chi connectivity index (χ2v) is 7.39. The zero-order chi connectivity index (χ0) is 19.9. The van der Waals surface area contributed by atoms with E-state index in [1.165, 1.54) is 0 Å². The Morgan fingerprint density at radius 1 is 1.07 bits per heavy atom. The number of rotatable bonds is 8. The Bertz CT molecular complexity index is 782. The average Bonchev–Trinajstić information content (AvgIpc) is 2.61. The molecule has 0 heterocycles. The minimum Gasteiger partial charge on any atom is -0.382 e. The van der Waals surface area contributed by atoms with Gasteiger partial charge in [-0.05, 0) is 49.2 Å². The van der Waals surface area contributed by atoms with Crippen LogP contribution in [0, 0.1) is 0 Å². The number of urea groups is 1. The molecule has 0 aromatic heterocycles. The molecule has 0 atom stereocenters. The van der Waals surface area contributed by atoms with Crippen LogP contribution in [-0.2, 0) is 21.6 Å². The third-order valence-corrected chi connectivity index (χ3v) is 4.69. The van der Waals surface area contributed by atoms with Crippen molar-refractivity contribution in [1.82, 2.24) is 5.32 Å². The van der Waals surface area contributed by atoms with E-state index >= 15 is 0 Å². The van der Waals surface area contributed by atoms with Crippen LogP contribution in [0.1, 0.15) is 25.0 Å². The zero-order valence-corrected chi connectivity index (χ0v) is 17.2. The van der Waals surface area contributed by atoms with Crippen molar-refractivity contribution >= 4 is 34.9 Å². The fraction of sp³-hybridized carbons (Fsp3) is 0.350. The van der Waals surface area contributed by atoms with Gasteiger partial charge in [-0.25, -0.2) is 4.79 Å². The first kappa shape index (κ1) is 21.5. The third kappa shape index (κ3) is 6.70. The molecule has 7 heteroatoms. The lowest BCUT2D eigenvalue weighted by atomic mass is 9.94. The van der Waals surface area contributed by atoms with Crippen LogP contribution < -0.4 is 10.6 Å². The summed E-state index contributed by atoms with van der Waals surface area (Å²) in [6.07, 6.45) is 0. The van der Waals surface area contributed by atoms with E-state index in [2.05, 4.69) is 10.6 Å². The van der Waals surface area contributed by atoms with Gasteiger partial charge in [0.2, 0.25) is 0 Å². The summed E-state index contributed by atoms with van der Waals surface area (Å²) in [5.74, 6) is 0. The van der Waals surface area contributed by atoms with Crippen LogP contribution in [0.15, 0.2) is 42.5 Å². The molecular formula is C20H24Cl2N2O3. The predicted molar refractivity (Wildman–Crippen MR) is 110 cm³/mol. The monoisotopic (exact) mass is 410 g/mol. The van der Waals surface area contributed by atoms with Crippen LogP contribution in [0.4, 0.5) is 10.5 Å². The number of amides is 2. The van der Waals surface area contributed by atoms with Crippen molar-refractivity contribution in [3.8, 4) is 0 Å². The molecule has 2 rings (SSSR count). The molecule has 0 spiro atoms. The van der Waals surface area contributed by atoms with Gasteiger partial charge in [0, 0.05) is 12.8 Å². The fourth-order valence-electron chi connectivity index (χ4n) is 2.47. The van der Waals surface area contributed by atoms with E-state index in [4.69, 9.17) is 32.7 Å². The number of hydrogen-bond acceptors (Lipinski definition) is 3. The Morgan fingerprint density at radius 3 is 2.56 bits per heavy atom. The number of nitrogens with one attached hydrogen (secondary N) is 2. The van der Waals surface area contributed by atoms with Crippen molar-refractivity contribution in [3.63, 3.8) is 0 Å². The standard InChI is InChI=1S/C20H24Cl2N2O3/c1-20(2,15-7-8-17(21)18(22)12-15)24-19(25)23-16-6-4-5-14(11-16)13-27-10-9-26-3/h4-8,11-12H,9-10,13H2,1-3H3,(H2,23,24,25). The van der Waals surface area contributed by atoms with Crippen LogP contribution in [0.5, 0.6) is 0 Å². The lowest BCUT2D eigenvalue weighted by Gasteiger charge is -2.27. The first-order valence-electron chi connectivity index (χ1n) is 8.52. The molecule has 0 unspecified atom stereocenters. The largest absolute Gasteiger partial charge is 0.382 e. The summed E-state index contributed by atoms with van der Waals surface area (Å²) in [5.41, 5.74) is 1.88. The van der Waals surface area contributed by atoms with Gasteiger partial charge in [0.15, 0.2) is 0 Å². The van der Waals surface area contributed by atoms with E-state index in [9.17, 15) is 4.79 Å². The molecule has 5 nitrogen and oxygen atoms in total. The zero-order valence-electron chi connectivity index (χ0n) is 15.6. The number of carbonyl (C=O) groups is 1. The molecule has 0 fully saturated rings. The summed E-state index contributed by atoms with van der Waals surface area (Å²) >= 11 is 12.0. The highest BCUT2D eigenvalue weighted by molar-refractivity contribution is 6.42. The number of benzene rings is 2. The number of anilines is 1. The summed E-state index contributed by atoms with van der Waals surface area (Å²) in [5, 5.41) is 6.72. The van der Waals surface area contributed by atoms with Crippen LogP contribution >= 0.6 is 23.2 Å². The van der Waals surface area contributed by atoms with Gasteiger partial charge in [-0.2, -0.15) is 0 Å². The smallest absolute Gasteiger partial charge is 0.319 e. The first-order valence-corrected chi connectivity index (χ1v) is 9.28. The van der Waals surface area contributed by atoms with Crippen molar-refractivity contribution < 1.29 is 14.3 Å². The molecule has 27 heavy (non-hydrogen) atoms. The SMILES string of the molecule is COCCOCc1cccc(NC(=O)NC(C)(C)c2ccc(Cl)c(Cl)c2)c1. The quantitative estimate of drug-likeness (QED) is 0.586. The molecule has 0 saturated heterocycles. The van der Waals surface area contributed by atoms with Crippen molar-refractivity contribution in [2.24, 2.45) is 0 Å². The number of methoxy groups -OCH3 is 1. The van der Waals surface area contributed by atoms with Crippen LogP contribution in [0.25, 0.3) is 0 Å². The lowest BCUT2D eigenvalue weighted by Crippen LogP contribution is -2.43. The third-order valence-electron chi connectivity index (χ3n) is 3.95. The van der Waals surface area contributed by atoms with Crippen LogP contribution in [0.3, 0.4) is 0 Å². The number of carbonyl (C=O) groups excluding carboxylic acids is 1. The Hall–Kier alpha value is -1.79. The van der Waals surface area contributed by atoms with Gasteiger partial charge in [0.25, 0.3) is 0 Å².